The third-order valence-electron chi connectivity index (χ3n) is 3.31. The van der Waals surface area contributed by atoms with Crippen molar-refractivity contribution in [2.75, 3.05) is 13.1 Å². The number of carbonyl (C=O) groups is 2. The smallest absolute Gasteiger partial charge is 0.261 e. The van der Waals surface area contributed by atoms with Gasteiger partial charge in [-0.3, -0.25) is 9.59 Å². The van der Waals surface area contributed by atoms with Crippen LogP contribution in [0.3, 0.4) is 0 Å². The number of nitrogens with zero attached hydrogens (tertiary/aromatic N) is 1. The first-order valence-corrected chi connectivity index (χ1v) is 8.44. The van der Waals surface area contributed by atoms with Gasteiger partial charge in [0.25, 0.3) is 11.8 Å². The highest BCUT2D eigenvalue weighted by atomic mass is 32.1. The zero-order valence-corrected chi connectivity index (χ0v) is 14.3. The first-order valence-electron chi connectivity index (χ1n) is 7.56. The molecule has 0 saturated carbocycles. The third-order valence-corrected chi connectivity index (χ3v) is 4.18. The van der Waals surface area contributed by atoms with E-state index >= 15 is 0 Å². The summed E-state index contributed by atoms with van der Waals surface area (Å²) in [6.45, 7) is 6.65. The Balaban J connectivity index is 1.75. The van der Waals surface area contributed by atoms with E-state index in [1.807, 2.05) is 25.3 Å². The number of rotatable bonds is 7. The number of aromatic nitrogens is 1. The zero-order valence-electron chi connectivity index (χ0n) is 13.5. The van der Waals surface area contributed by atoms with Crippen molar-refractivity contribution in [3.8, 4) is 0 Å². The van der Waals surface area contributed by atoms with Crippen LogP contribution in [0, 0.1) is 6.92 Å². The summed E-state index contributed by atoms with van der Waals surface area (Å²) in [6.07, 6.45) is 0.657. The Bertz CT molecular complexity index is 662. The van der Waals surface area contributed by atoms with Crippen molar-refractivity contribution < 1.29 is 14.1 Å². The zero-order chi connectivity index (χ0) is 16.8. The summed E-state index contributed by atoms with van der Waals surface area (Å²) in [5, 5.41) is 11.4. The Morgan fingerprint density at radius 1 is 1.26 bits per heavy atom. The fourth-order valence-electron chi connectivity index (χ4n) is 2.13. The number of hydrogen-bond donors (Lipinski definition) is 2. The van der Waals surface area contributed by atoms with Crippen molar-refractivity contribution >= 4 is 23.2 Å². The van der Waals surface area contributed by atoms with Gasteiger partial charge in [-0.05, 0) is 24.8 Å². The van der Waals surface area contributed by atoms with E-state index in [0.717, 1.165) is 0 Å². The molecule has 0 aromatic carbocycles. The van der Waals surface area contributed by atoms with Crippen LogP contribution in [0.4, 0.5) is 0 Å². The highest BCUT2D eigenvalue weighted by Gasteiger charge is 2.22. The topological polar surface area (TPSA) is 84.2 Å². The average molecular weight is 335 g/mol. The summed E-state index contributed by atoms with van der Waals surface area (Å²) in [5.74, 6) is 0.438. The summed E-state index contributed by atoms with van der Waals surface area (Å²) in [6, 6.07) is 3.62. The molecule has 0 radical (unpaired) electrons. The molecule has 2 aromatic heterocycles. The van der Waals surface area contributed by atoms with Gasteiger partial charge in [0.2, 0.25) is 0 Å². The van der Waals surface area contributed by atoms with Crippen LogP contribution in [0.2, 0.25) is 0 Å². The quantitative estimate of drug-likeness (QED) is 0.762. The molecule has 23 heavy (non-hydrogen) atoms. The van der Waals surface area contributed by atoms with Crippen molar-refractivity contribution in [3.63, 3.8) is 0 Å². The van der Waals surface area contributed by atoms with E-state index in [0.29, 0.717) is 41.4 Å². The Morgan fingerprint density at radius 2 is 1.96 bits per heavy atom. The minimum Gasteiger partial charge on any atom is -0.360 e. The maximum absolute atomic E-state index is 12.2. The van der Waals surface area contributed by atoms with Crippen LogP contribution in [0.25, 0.3) is 0 Å². The van der Waals surface area contributed by atoms with Gasteiger partial charge in [-0.2, -0.15) is 0 Å². The minimum atomic E-state index is -0.183. The highest BCUT2D eigenvalue weighted by molar-refractivity contribution is 7.12. The van der Waals surface area contributed by atoms with Crippen molar-refractivity contribution in [1.82, 2.24) is 15.8 Å². The molecule has 0 saturated heterocycles. The molecule has 2 heterocycles. The van der Waals surface area contributed by atoms with E-state index in [1.165, 1.54) is 11.3 Å². The van der Waals surface area contributed by atoms with Gasteiger partial charge in [0.05, 0.1) is 10.6 Å². The van der Waals surface area contributed by atoms with Gasteiger partial charge in [-0.25, -0.2) is 0 Å². The second-order valence-electron chi connectivity index (χ2n) is 5.50. The highest BCUT2D eigenvalue weighted by Crippen LogP contribution is 2.21. The van der Waals surface area contributed by atoms with Crippen LogP contribution >= 0.6 is 11.3 Å². The van der Waals surface area contributed by atoms with Gasteiger partial charge in [-0.15, -0.1) is 11.3 Å². The van der Waals surface area contributed by atoms with Crippen molar-refractivity contribution in [2.24, 2.45) is 0 Å². The fourth-order valence-corrected chi connectivity index (χ4v) is 2.77. The summed E-state index contributed by atoms with van der Waals surface area (Å²) >= 11 is 1.40. The molecule has 6 nitrogen and oxygen atoms in total. The van der Waals surface area contributed by atoms with E-state index < -0.39 is 0 Å². The molecule has 2 amide bonds. The fraction of sp³-hybridized carbons (Fsp3) is 0.438. The van der Waals surface area contributed by atoms with E-state index in [2.05, 4.69) is 15.8 Å². The molecule has 2 rings (SSSR count). The SMILES string of the molecule is Cc1noc(C(C)C)c1C(=O)NCCCNC(=O)c1cccs1. The number of hydrogen-bond acceptors (Lipinski definition) is 5. The molecule has 7 heteroatoms. The Morgan fingerprint density at radius 3 is 2.57 bits per heavy atom. The lowest BCUT2D eigenvalue weighted by atomic mass is 10.0. The molecule has 0 fully saturated rings. The van der Waals surface area contributed by atoms with Crippen LogP contribution in [0.15, 0.2) is 22.0 Å². The molecular weight excluding hydrogens is 314 g/mol. The first-order chi connectivity index (χ1) is 11.0. The molecule has 0 atom stereocenters. The summed E-state index contributed by atoms with van der Waals surface area (Å²) in [5.41, 5.74) is 1.11. The van der Waals surface area contributed by atoms with Gasteiger partial charge >= 0.3 is 0 Å². The van der Waals surface area contributed by atoms with Gasteiger partial charge in [0.1, 0.15) is 5.56 Å². The van der Waals surface area contributed by atoms with Crippen LogP contribution < -0.4 is 10.6 Å². The average Bonchev–Trinajstić information content (AvgIpc) is 3.15. The van der Waals surface area contributed by atoms with Crippen LogP contribution in [0.5, 0.6) is 0 Å². The summed E-state index contributed by atoms with van der Waals surface area (Å²) in [4.78, 5) is 24.7. The van der Waals surface area contributed by atoms with E-state index in [9.17, 15) is 9.59 Å². The molecule has 124 valence electrons. The van der Waals surface area contributed by atoms with Crippen LogP contribution in [-0.4, -0.2) is 30.1 Å². The van der Waals surface area contributed by atoms with E-state index in [4.69, 9.17) is 4.52 Å². The normalized spacial score (nSPS) is 10.8. The maximum atomic E-state index is 12.2. The number of nitrogens with one attached hydrogen (secondary N) is 2. The van der Waals surface area contributed by atoms with Gasteiger partial charge < -0.3 is 15.2 Å². The molecule has 0 unspecified atom stereocenters. The molecule has 0 aliphatic carbocycles. The molecule has 0 spiro atoms. The molecule has 0 aliphatic rings. The van der Waals surface area contributed by atoms with Gasteiger partial charge in [-0.1, -0.05) is 25.1 Å². The predicted octanol–water partition coefficient (Wildman–Crippen LogP) is 2.72. The Kier molecular flexibility index (Phi) is 5.92. The lowest BCUT2D eigenvalue weighted by Crippen LogP contribution is -2.30. The van der Waals surface area contributed by atoms with Gasteiger partial charge in [0, 0.05) is 19.0 Å². The number of thiophene rings is 1. The third kappa shape index (κ3) is 4.41. The lowest BCUT2D eigenvalue weighted by Gasteiger charge is -2.07. The van der Waals surface area contributed by atoms with E-state index in [1.54, 1.807) is 13.0 Å². The number of amides is 2. The lowest BCUT2D eigenvalue weighted by molar-refractivity contribution is 0.0950. The standard InChI is InChI=1S/C16H21N3O3S/c1-10(2)14-13(11(3)19-22-14)16(21)18-8-5-7-17-15(20)12-6-4-9-23-12/h4,6,9-10H,5,7-8H2,1-3H3,(H,17,20)(H,18,21). The predicted molar refractivity (Wildman–Crippen MR) is 88.9 cm³/mol. The van der Waals surface area contributed by atoms with Crippen molar-refractivity contribution in [1.29, 1.82) is 0 Å². The second-order valence-corrected chi connectivity index (χ2v) is 6.45. The van der Waals surface area contributed by atoms with Crippen LogP contribution in [-0.2, 0) is 0 Å². The molecule has 0 bridgehead atoms. The number of carbonyl (C=O) groups excluding carboxylic acids is 2. The molecule has 2 N–H and O–H groups in total. The van der Waals surface area contributed by atoms with Crippen molar-refractivity contribution in [3.05, 3.63) is 39.4 Å². The second kappa shape index (κ2) is 7.92. The van der Waals surface area contributed by atoms with Gasteiger partial charge in [0.15, 0.2) is 5.76 Å². The molecule has 2 aromatic rings. The Hall–Kier alpha value is -2.15. The van der Waals surface area contributed by atoms with Crippen LogP contribution in [0.1, 0.15) is 57.7 Å². The monoisotopic (exact) mass is 335 g/mol. The maximum Gasteiger partial charge on any atom is 0.261 e. The summed E-state index contributed by atoms with van der Waals surface area (Å²) < 4.78 is 5.21. The number of aryl methyl sites for hydroxylation is 1. The molecule has 0 aliphatic heterocycles. The van der Waals surface area contributed by atoms with E-state index in [-0.39, 0.29) is 17.7 Å². The largest absolute Gasteiger partial charge is 0.360 e. The Labute approximate surface area is 139 Å². The minimum absolute atomic E-state index is 0.0803. The summed E-state index contributed by atoms with van der Waals surface area (Å²) in [7, 11) is 0. The van der Waals surface area contributed by atoms with Crippen molar-refractivity contribution in [2.45, 2.75) is 33.1 Å². The first kappa shape index (κ1) is 17.2. The molecular formula is C16H21N3O3S.